The molecule has 0 aliphatic carbocycles. The average molecular weight is 267 g/mol. The van der Waals surface area contributed by atoms with E-state index in [0.717, 1.165) is 21.9 Å². The molecule has 1 heterocycles. The van der Waals surface area contributed by atoms with Crippen LogP contribution in [-0.4, -0.2) is 16.1 Å². The summed E-state index contributed by atoms with van der Waals surface area (Å²) in [7, 11) is 1.88. The Morgan fingerprint density at radius 2 is 2.24 bits per heavy atom. The van der Waals surface area contributed by atoms with Crippen LogP contribution < -0.4 is 0 Å². The summed E-state index contributed by atoms with van der Waals surface area (Å²) in [4.78, 5) is 11.9. The number of benzene rings is 1. The summed E-state index contributed by atoms with van der Waals surface area (Å²) in [5.41, 5.74) is 1.47. The number of aryl methyl sites for hydroxylation is 2. The van der Waals surface area contributed by atoms with E-state index in [0.29, 0.717) is 10.6 Å². The molecule has 17 heavy (non-hydrogen) atoms. The highest BCUT2D eigenvalue weighted by atomic mass is 35.5. The van der Waals surface area contributed by atoms with Crippen LogP contribution in [0.1, 0.15) is 16.1 Å². The molecule has 1 aromatic carbocycles. The minimum atomic E-state index is 0.476. The van der Waals surface area contributed by atoms with Crippen molar-refractivity contribution < 1.29 is 4.79 Å². The predicted octanol–water partition coefficient (Wildman–Crippen LogP) is 3.35. The fourth-order valence-corrected chi connectivity index (χ4v) is 2.83. The first-order valence-corrected chi connectivity index (χ1v) is 6.23. The Balaban J connectivity index is 2.39. The van der Waals surface area contributed by atoms with Crippen molar-refractivity contribution in [1.82, 2.24) is 9.78 Å². The van der Waals surface area contributed by atoms with Gasteiger partial charge in [-0.05, 0) is 25.1 Å². The number of nitrogens with zero attached hydrogens (tertiary/aromatic N) is 2. The molecule has 2 aromatic rings. The molecule has 0 aliphatic heterocycles. The molecule has 0 bridgehead atoms. The van der Waals surface area contributed by atoms with E-state index in [4.69, 9.17) is 11.6 Å². The van der Waals surface area contributed by atoms with Gasteiger partial charge in [-0.3, -0.25) is 9.48 Å². The summed E-state index contributed by atoms with van der Waals surface area (Å²) in [5, 5.41) is 5.72. The third-order valence-electron chi connectivity index (χ3n) is 2.30. The minimum absolute atomic E-state index is 0.476. The van der Waals surface area contributed by atoms with Crippen molar-refractivity contribution in [1.29, 1.82) is 0 Å². The molecule has 3 nitrogen and oxygen atoms in total. The van der Waals surface area contributed by atoms with Gasteiger partial charge in [-0.1, -0.05) is 29.4 Å². The Bertz CT molecular complexity index is 566. The fraction of sp³-hybridized carbons (Fsp3) is 0.167. The van der Waals surface area contributed by atoms with E-state index >= 15 is 0 Å². The monoisotopic (exact) mass is 266 g/mol. The lowest BCUT2D eigenvalue weighted by Gasteiger charge is -2.05. The zero-order valence-corrected chi connectivity index (χ0v) is 11.0. The number of rotatable bonds is 3. The molecule has 0 N–H and O–H groups in total. The van der Waals surface area contributed by atoms with Crippen LogP contribution in [-0.2, 0) is 7.05 Å². The van der Waals surface area contributed by atoms with E-state index < -0.39 is 0 Å². The van der Waals surface area contributed by atoms with E-state index in [1.54, 1.807) is 10.7 Å². The van der Waals surface area contributed by atoms with Crippen molar-refractivity contribution in [2.45, 2.75) is 16.8 Å². The van der Waals surface area contributed by atoms with Gasteiger partial charge >= 0.3 is 0 Å². The van der Waals surface area contributed by atoms with Gasteiger partial charge in [-0.2, -0.15) is 5.10 Å². The second-order valence-electron chi connectivity index (χ2n) is 3.62. The summed E-state index contributed by atoms with van der Waals surface area (Å²) < 4.78 is 1.79. The zero-order valence-electron chi connectivity index (χ0n) is 9.48. The SMILES string of the molecule is Cc1cc(Sc2cccc(Cl)c2C=O)n(C)n1. The number of carbonyl (C=O) groups excluding carboxylic acids is 1. The second kappa shape index (κ2) is 4.94. The van der Waals surface area contributed by atoms with Gasteiger partial charge < -0.3 is 0 Å². The molecular formula is C12H11ClN2OS. The van der Waals surface area contributed by atoms with Gasteiger partial charge in [-0.25, -0.2) is 0 Å². The van der Waals surface area contributed by atoms with Crippen LogP contribution >= 0.6 is 23.4 Å². The Kier molecular flexibility index (Phi) is 3.54. The van der Waals surface area contributed by atoms with Gasteiger partial charge in [-0.15, -0.1) is 0 Å². The number of carbonyl (C=O) groups is 1. The summed E-state index contributed by atoms with van der Waals surface area (Å²) in [5.74, 6) is 0. The Morgan fingerprint density at radius 3 is 2.82 bits per heavy atom. The molecule has 5 heteroatoms. The van der Waals surface area contributed by atoms with Gasteiger partial charge in [0.2, 0.25) is 0 Å². The molecule has 0 aliphatic rings. The first-order valence-electron chi connectivity index (χ1n) is 5.04. The number of hydrogen-bond donors (Lipinski definition) is 0. The molecule has 0 fully saturated rings. The lowest BCUT2D eigenvalue weighted by atomic mass is 10.2. The highest BCUT2D eigenvalue weighted by Crippen LogP contribution is 2.32. The maximum atomic E-state index is 11.0. The topological polar surface area (TPSA) is 34.9 Å². The maximum Gasteiger partial charge on any atom is 0.152 e. The summed E-state index contributed by atoms with van der Waals surface area (Å²) in [6.07, 6.45) is 0.786. The number of hydrogen-bond acceptors (Lipinski definition) is 3. The predicted molar refractivity (Wildman–Crippen MR) is 68.9 cm³/mol. The highest BCUT2D eigenvalue weighted by molar-refractivity contribution is 7.99. The second-order valence-corrected chi connectivity index (χ2v) is 5.09. The van der Waals surface area contributed by atoms with E-state index in [-0.39, 0.29) is 0 Å². The Morgan fingerprint density at radius 1 is 1.47 bits per heavy atom. The van der Waals surface area contributed by atoms with E-state index in [9.17, 15) is 4.79 Å². The molecule has 0 unspecified atom stereocenters. The molecule has 0 atom stereocenters. The van der Waals surface area contributed by atoms with Crippen molar-refractivity contribution in [3.8, 4) is 0 Å². The molecule has 0 spiro atoms. The smallest absolute Gasteiger partial charge is 0.152 e. The molecular weight excluding hydrogens is 256 g/mol. The fourth-order valence-electron chi connectivity index (χ4n) is 1.52. The van der Waals surface area contributed by atoms with Crippen molar-refractivity contribution in [2.75, 3.05) is 0 Å². The summed E-state index contributed by atoms with van der Waals surface area (Å²) >= 11 is 7.46. The van der Waals surface area contributed by atoms with E-state index in [1.165, 1.54) is 11.8 Å². The van der Waals surface area contributed by atoms with Crippen LogP contribution in [0.3, 0.4) is 0 Å². The van der Waals surface area contributed by atoms with Gasteiger partial charge in [0.15, 0.2) is 6.29 Å². The largest absolute Gasteiger partial charge is 0.298 e. The first-order chi connectivity index (χ1) is 8.11. The molecule has 2 rings (SSSR count). The lowest BCUT2D eigenvalue weighted by molar-refractivity contribution is 0.112. The van der Waals surface area contributed by atoms with Crippen LogP contribution in [0.4, 0.5) is 0 Å². The Hall–Kier alpha value is -1.26. The molecule has 88 valence electrons. The standard InChI is InChI=1S/C12H11ClN2OS/c1-8-6-12(15(2)14-8)17-11-5-3-4-10(13)9(11)7-16/h3-7H,1-2H3. The molecule has 0 radical (unpaired) electrons. The maximum absolute atomic E-state index is 11.0. The first kappa shape index (κ1) is 12.2. The lowest BCUT2D eigenvalue weighted by Crippen LogP contribution is -1.93. The third kappa shape index (κ3) is 2.53. The number of aldehydes is 1. The van der Waals surface area contributed by atoms with Crippen LogP contribution in [0, 0.1) is 6.92 Å². The summed E-state index contributed by atoms with van der Waals surface area (Å²) in [6, 6.07) is 7.40. The van der Waals surface area contributed by atoms with Crippen LogP contribution in [0.25, 0.3) is 0 Å². The molecule has 0 saturated carbocycles. The minimum Gasteiger partial charge on any atom is -0.298 e. The van der Waals surface area contributed by atoms with Gasteiger partial charge in [0.25, 0.3) is 0 Å². The van der Waals surface area contributed by atoms with Crippen LogP contribution in [0.15, 0.2) is 34.2 Å². The molecule has 0 saturated heterocycles. The molecule has 1 aromatic heterocycles. The summed E-state index contributed by atoms with van der Waals surface area (Å²) in [6.45, 7) is 1.93. The van der Waals surface area contributed by atoms with Crippen LogP contribution in [0.2, 0.25) is 5.02 Å². The zero-order chi connectivity index (χ0) is 12.4. The third-order valence-corrected chi connectivity index (χ3v) is 3.80. The van der Waals surface area contributed by atoms with Crippen molar-refractivity contribution in [2.24, 2.45) is 7.05 Å². The average Bonchev–Trinajstić information content (AvgIpc) is 2.58. The highest BCUT2D eigenvalue weighted by Gasteiger charge is 2.10. The van der Waals surface area contributed by atoms with Crippen molar-refractivity contribution in [3.05, 3.63) is 40.5 Å². The van der Waals surface area contributed by atoms with Gasteiger partial charge in [0, 0.05) is 17.5 Å². The number of halogens is 1. The Labute approximate surface area is 109 Å². The van der Waals surface area contributed by atoms with Crippen molar-refractivity contribution >= 4 is 29.6 Å². The van der Waals surface area contributed by atoms with E-state index in [1.807, 2.05) is 32.2 Å². The van der Waals surface area contributed by atoms with Crippen molar-refractivity contribution in [3.63, 3.8) is 0 Å². The van der Waals surface area contributed by atoms with Crippen LogP contribution in [0.5, 0.6) is 0 Å². The normalized spacial score (nSPS) is 10.5. The molecule has 0 amide bonds. The van der Waals surface area contributed by atoms with E-state index in [2.05, 4.69) is 5.10 Å². The quantitative estimate of drug-likeness (QED) is 0.799. The van der Waals surface area contributed by atoms with Gasteiger partial charge in [0.05, 0.1) is 15.7 Å². The number of aromatic nitrogens is 2. The van der Waals surface area contributed by atoms with Gasteiger partial charge in [0.1, 0.15) is 0 Å².